The molecule has 6 rings (SSSR count). The minimum Gasteiger partial charge on any atom is -0.497 e. The fraction of sp³-hybridized carbons (Fsp3) is 0.353. The molecule has 10 nitrogen and oxygen atoms in total. The lowest BCUT2D eigenvalue weighted by Crippen LogP contribution is -2.36. The quantitative estimate of drug-likeness (QED) is 0.169. The first-order chi connectivity index (χ1) is 22.0. The summed E-state index contributed by atoms with van der Waals surface area (Å²) in [5.41, 5.74) is 4.94. The Kier molecular flexibility index (Phi) is 9.72. The van der Waals surface area contributed by atoms with E-state index in [1.165, 1.54) is 4.57 Å². The number of nitrogens with one attached hydrogen (secondary N) is 1. The zero-order chi connectivity index (χ0) is 31.2. The number of benzene rings is 3. The standard InChI is InChI=1S/C34H37N3O7S/c1-39-27-12-8-25(9-13-27)34(24-6-4-3-5-7-24,26-10-14-28(40-2)15-11-26)42-22-29-20-30(41-18-19-45)32(44-29)37-21-23-16-17-43-36-31(23)35-33(37)38/h3-15,21,29-30,32,45H,16-20,22H2,1-2H3,(H,35,36,38)/t29-,30-,32-/m1/s1. The molecule has 3 heterocycles. The van der Waals surface area contributed by atoms with Crippen LogP contribution in [0.4, 0.5) is 5.82 Å². The molecule has 3 atom stereocenters. The molecule has 3 aromatic carbocycles. The molecule has 236 valence electrons. The van der Waals surface area contributed by atoms with Crippen molar-refractivity contribution in [1.82, 2.24) is 9.55 Å². The van der Waals surface area contributed by atoms with Crippen LogP contribution in [0.2, 0.25) is 0 Å². The second-order valence-corrected chi connectivity index (χ2v) is 11.3. The number of rotatable bonds is 12. The Bertz CT molecular complexity index is 1570. The van der Waals surface area contributed by atoms with E-state index in [2.05, 4.69) is 35.2 Å². The third kappa shape index (κ3) is 6.45. The van der Waals surface area contributed by atoms with E-state index < -0.39 is 23.6 Å². The summed E-state index contributed by atoms with van der Waals surface area (Å²) in [4.78, 5) is 22.6. The van der Waals surface area contributed by atoms with Gasteiger partial charge in [-0.15, -0.1) is 0 Å². The molecule has 0 amide bonds. The molecule has 1 aromatic heterocycles. The second kappa shape index (κ2) is 14.1. The summed E-state index contributed by atoms with van der Waals surface area (Å²) in [6.45, 7) is 1.11. The maximum Gasteiger partial charge on any atom is 0.351 e. The SMILES string of the molecule is COc1ccc(C(OC[C@H]2C[C@@H](OCCS)[C@H](n3cc4c(nc3=O)NOCC4)O2)(c2ccccc2)c2ccc(OC)cc2)cc1. The van der Waals surface area contributed by atoms with Crippen molar-refractivity contribution in [3.63, 3.8) is 0 Å². The predicted octanol–water partition coefficient (Wildman–Crippen LogP) is 4.77. The monoisotopic (exact) mass is 631 g/mol. The molecule has 45 heavy (non-hydrogen) atoms. The van der Waals surface area contributed by atoms with Gasteiger partial charge in [0.2, 0.25) is 0 Å². The highest BCUT2D eigenvalue weighted by molar-refractivity contribution is 7.80. The third-order valence-electron chi connectivity index (χ3n) is 8.17. The smallest absolute Gasteiger partial charge is 0.351 e. The number of fused-ring (bicyclic) bond motifs is 1. The topological polar surface area (TPSA) is 102 Å². The summed E-state index contributed by atoms with van der Waals surface area (Å²) in [7, 11) is 3.29. The van der Waals surface area contributed by atoms with Crippen LogP contribution in [0.1, 0.15) is 34.9 Å². The van der Waals surface area contributed by atoms with Gasteiger partial charge in [0.1, 0.15) is 23.2 Å². The molecule has 0 bridgehead atoms. The molecule has 1 N–H and O–H groups in total. The van der Waals surface area contributed by atoms with Gasteiger partial charge in [-0.3, -0.25) is 9.40 Å². The van der Waals surface area contributed by atoms with Crippen molar-refractivity contribution in [2.24, 2.45) is 0 Å². The van der Waals surface area contributed by atoms with Crippen LogP contribution in [0.5, 0.6) is 11.5 Å². The Morgan fingerprint density at radius 3 is 2.22 bits per heavy atom. The maximum atomic E-state index is 13.1. The van der Waals surface area contributed by atoms with Gasteiger partial charge in [0.15, 0.2) is 12.0 Å². The van der Waals surface area contributed by atoms with Gasteiger partial charge in [-0.1, -0.05) is 54.6 Å². The number of nitrogens with zero attached hydrogens (tertiary/aromatic N) is 2. The van der Waals surface area contributed by atoms with Gasteiger partial charge in [-0.2, -0.15) is 17.6 Å². The van der Waals surface area contributed by atoms with Crippen LogP contribution < -0.4 is 20.6 Å². The Morgan fingerprint density at radius 1 is 0.956 bits per heavy atom. The van der Waals surface area contributed by atoms with Crippen LogP contribution in [0, 0.1) is 0 Å². The molecule has 0 aliphatic carbocycles. The van der Waals surface area contributed by atoms with Crippen LogP contribution in [0.25, 0.3) is 0 Å². The van der Waals surface area contributed by atoms with Crippen LogP contribution in [-0.2, 0) is 31.1 Å². The van der Waals surface area contributed by atoms with E-state index >= 15 is 0 Å². The number of methoxy groups -OCH3 is 2. The summed E-state index contributed by atoms with van der Waals surface area (Å²) >= 11 is 4.34. The van der Waals surface area contributed by atoms with E-state index in [0.29, 0.717) is 37.6 Å². The average Bonchev–Trinajstić information content (AvgIpc) is 3.50. The maximum absolute atomic E-state index is 13.1. The van der Waals surface area contributed by atoms with Crippen LogP contribution in [0.15, 0.2) is 89.9 Å². The van der Waals surface area contributed by atoms with Crippen molar-refractivity contribution in [2.75, 3.05) is 45.3 Å². The van der Waals surface area contributed by atoms with Gasteiger partial charge < -0.3 is 23.7 Å². The van der Waals surface area contributed by atoms with E-state index in [9.17, 15) is 4.79 Å². The lowest BCUT2D eigenvalue weighted by atomic mass is 9.80. The van der Waals surface area contributed by atoms with Crippen molar-refractivity contribution < 1.29 is 28.5 Å². The molecule has 4 aromatic rings. The van der Waals surface area contributed by atoms with Gasteiger partial charge in [-0.25, -0.2) is 10.3 Å². The Morgan fingerprint density at radius 2 is 1.60 bits per heavy atom. The number of aromatic nitrogens is 2. The molecular formula is C34H37N3O7S. The summed E-state index contributed by atoms with van der Waals surface area (Å²) in [6, 6.07) is 25.9. The Labute approximate surface area is 267 Å². The summed E-state index contributed by atoms with van der Waals surface area (Å²) in [5.74, 6) is 2.45. The number of thiol groups is 1. The Balaban J connectivity index is 1.36. The van der Waals surface area contributed by atoms with Crippen LogP contribution in [-0.4, -0.2) is 61.6 Å². The first kappa shape index (κ1) is 31.1. The van der Waals surface area contributed by atoms with Crippen molar-refractivity contribution in [3.05, 3.63) is 118 Å². The van der Waals surface area contributed by atoms with E-state index in [-0.39, 0.29) is 12.7 Å². The van der Waals surface area contributed by atoms with Gasteiger partial charge in [0.25, 0.3) is 0 Å². The molecule has 11 heteroatoms. The number of hydrogen-bond donors (Lipinski definition) is 2. The highest BCUT2D eigenvalue weighted by Gasteiger charge is 2.43. The average molecular weight is 632 g/mol. The largest absolute Gasteiger partial charge is 0.497 e. The Hall–Kier alpha value is -3.87. The minimum absolute atomic E-state index is 0.215. The van der Waals surface area contributed by atoms with Crippen LogP contribution in [0.3, 0.4) is 0 Å². The summed E-state index contributed by atoms with van der Waals surface area (Å²) < 4.78 is 32.3. The van der Waals surface area contributed by atoms with Crippen molar-refractivity contribution in [3.8, 4) is 11.5 Å². The molecule has 0 spiro atoms. The van der Waals surface area contributed by atoms with Crippen molar-refractivity contribution >= 4 is 18.4 Å². The van der Waals surface area contributed by atoms with Crippen molar-refractivity contribution in [2.45, 2.75) is 36.9 Å². The number of ether oxygens (including phenoxy) is 5. The molecule has 0 radical (unpaired) electrons. The fourth-order valence-corrected chi connectivity index (χ4v) is 6.06. The fourth-order valence-electron chi connectivity index (χ4n) is 5.96. The highest BCUT2D eigenvalue weighted by Crippen LogP contribution is 2.43. The zero-order valence-corrected chi connectivity index (χ0v) is 26.2. The van der Waals surface area contributed by atoms with Gasteiger partial charge in [0, 0.05) is 30.4 Å². The molecule has 2 aliphatic heterocycles. The molecule has 0 saturated carbocycles. The number of hydrogen-bond acceptors (Lipinski definition) is 10. The third-order valence-corrected chi connectivity index (χ3v) is 8.35. The summed E-state index contributed by atoms with van der Waals surface area (Å²) in [5, 5.41) is 0. The zero-order valence-electron chi connectivity index (χ0n) is 25.3. The van der Waals surface area contributed by atoms with E-state index in [4.69, 9.17) is 28.5 Å². The second-order valence-electron chi connectivity index (χ2n) is 10.8. The van der Waals surface area contributed by atoms with Crippen LogP contribution >= 0.6 is 12.6 Å². The minimum atomic E-state index is -1.00. The van der Waals surface area contributed by atoms with E-state index in [1.54, 1.807) is 20.4 Å². The summed E-state index contributed by atoms with van der Waals surface area (Å²) in [6.07, 6.45) is 1.46. The molecule has 0 unspecified atom stereocenters. The van der Waals surface area contributed by atoms with E-state index in [0.717, 1.165) is 33.8 Å². The molecule has 1 saturated heterocycles. The first-order valence-corrected chi connectivity index (χ1v) is 15.5. The van der Waals surface area contributed by atoms with Crippen molar-refractivity contribution in [1.29, 1.82) is 0 Å². The normalized spacial score (nSPS) is 19.5. The predicted molar refractivity (Wildman–Crippen MR) is 172 cm³/mol. The lowest BCUT2D eigenvalue weighted by Gasteiger charge is -2.37. The van der Waals surface area contributed by atoms with Gasteiger partial charge in [-0.05, 0) is 41.0 Å². The first-order valence-electron chi connectivity index (χ1n) is 14.9. The number of anilines is 1. The highest BCUT2D eigenvalue weighted by atomic mass is 32.1. The lowest BCUT2D eigenvalue weighted by molar-refractivity contribution is -0.0945. The van der Waals surface area contributed by atoms with E-state index in [1.807, 2.05) is 66.7 Å². The molecule has 1 fully saturated rings. The van der Waals surface area contributed by atoms with Gasteiger partial charge >= 0.3 is 5.69 Å². The molecule has 2 aliphatic rings. The van der Waals surface area contributed by atoms with Gasteiger partial charge in [0.05, 0.1) is 40.1 Å². The molecular weight excluding hydrogens is 594 g/mol.